The minimum absolute atomic E-state index is 0.0747. The van der Waals surface area contributed by atoms with Crippen molar-refractivity contribution in [3.8, 4) is 0 Å². The number of rotatable bonds is 7. The van der Waals surface area contributed by atoms with Crippen molar-refractivity contribution in [2.75, 3.05) is 18.0 Å². The van der Waals surface area contributed by atoms with Crippen LogP contribution in [0.5, 0.6) is 0 Å². The van der Waals surface area contributed by atoms with Crippen LogP contribution < -0.4 is 15.6 Å². The van der Waals surface area contributed by atoms with Crippen molar-refractivity contribution in [3.05, 3.63) is 65.2 Å². The fourth-order valence-electron chi connectivity index (χ4n) is 3.45. The maximum Gasteiger partial charge on any atom is 0.262 e. The van der Waals surface area contributed by atoms with Crippen LogP contribution in [0.15, 0.2) is 53.6 Å². The number of hydrogen-bond acceptors (Lipinski definition) is 4. The number of carbonyl (C=O) groups is 2. The fraction of sp³-hybridized carbons (Fsp3) is 0.375. The largest absolute Gasteiger partial charge is 0.372 e. The van der Waals surface area contributed by atoms with E-state index in [9.17, 15) is 9.59 Å². The zero-order valence-corrected chi connectivity index (χ0v) is 17.9. The van der Waals surface area contributed by atoms with Crippen molar-refractivity contribution in [2.45, 2.75) is 39.7 Å². The van der Waals surface area contributed by atoms with Gasteiger partial charge in [0.05, 0.1) is 6.21 Å². The smallest absolute Gasteiger partial charge is 0.262 e. The molecule has 1 fully saturated rings. The normalized spacial score (nSPS) is 14.9. The van der Waals surface area contributed by atoms with Gasteiger partial charge in [-0.25, -0.2) is 5.43 Å². The summed E-state index contributed by atoms with van der Waals surface area (Å²) in [5, 5.41) is 6.88. The van der Waals surface area contributed by atoms with Crippen molar-refractivity contribution in [2.24, 2.45) is 11.0 Å². The summed E-state index contributed by atoms with van der Waals surface area (Å²) in [5.41, 5.74) is 6.28. The van der Waals surface area contributed by atoms with Gasteiger partial charge in [0.1, 0.15) is 6.04 Å². The first-order valence-corrected chi connectivity index (χ1v) is 10.5. The van der Waals surface area contributed by atoms with Crippen molar-refractivity contribution < 1.29 is 9.59 Å². The third-order valence-electron chi connectivity index (χ3n) is 5.30. The van der Waals surface area contributed by atoms with Crippen molar-refractivity contribution in [1.29, 1.82) is 0 Å². The molecule has 0 radical (unpaired) electrons. The second-order valence-electron chi connectivity index (χ2n) is 8.08. The van der Waals surface area contributed by atoms with Gasteiger partial charge in [-0.05, 0) is 55.5 Å². The topological polar surface area (TPSA) is 73.8 Å². The molecule has 1 heterocycles. The number of anilines is 1. The van der Waals surface area contributed by atoms with Gasteiger partial charge in [-0.15, -0.1) is 0 Å². The van der Waals surface area contributed by atoms with E-state index < -0.39 is 6.04 Å². The highest BCUT2D eigenvalue weighted by Gasteiger charge is 2.24. The molecule has 0 spiro atoms. The summed E-state index contributed by atoms with van der Waals surface area (Å²) in [7, 11) is 0. The summed E-state index contributed by atoms with van der Waals surface area (Å²) >= 11 is 0. The summed E-state index contributed by atoms with van der Waals surface area (Å²) in [6, 6.07) is 14.7. The minimum Gasteiger partial charge on any atom is -0.372 e. The van der Waals surface area contributed by atoms with E-state index in [0.29, 0.717) is 5.56 Å². The van der Waals surface area contributed by atoms with Crippen molar-refractivity contribution in [3.63, 3.8) is 0 Å². The standard InChI is InChI=1S/C24H30N4O2/c1-17(2)22(26-23(29)20-10-6-18(3)7-11-20)24(30)27-25-16-19-8-12-21(13-9-19)28-14-4-5-15-28/h6-13,16-17,22H,4-5,14-15H2,1-3H3,(H,26,29)(H,27,30)/b25-16-. The molecule has 2 amide bonds. The molecule has 3 rings (SSSR count). The summed E-state index contributed by atoms with van der Waals surface area (Å²) in [5.74, 6) is -0.685. The molecule has 6 heteroatoms. The maximum absolute atomic E-state index is 12.6. The van der Waals surface area contributed by atoms with Crippen molar-refractivity contribution in [1.82, 2.24) is 10.7 Å². The Hall–Kier alpha value is -3.15. The van der Waals surface area contributed by atoms with Gasteiger partial charge in [0, 0.05) is 24.3 Å². The molecule has 158 valence electrons. The Balaban J connectivity index is 1.56. The van der Waals surface area contributed by atoms with Gasteiger partial charge in [-0.1, -0.05) is 43.7 Å². The molecule has 0 bridgehead atoms. The number of hydrogen-bond donors (Lipinski definition) is 2. The van der Waals surface area contributed by atoms with Crippen LogP contribution in [0.25, 0.3) is 0 Å². The summed E-state index contributed by atoms with van der Waals surface area (Å²) in [6.45, 7) is 7.95. The van der Waals surface area contributed by atoms with Gasteiger partial charge in [0.25, 0.3) is 11.8 Å². The van der Waals surface area contributed by atoms with Gasteiger partial charge < -0.3 is 10.2 Å². The Morgan fingerprint density at radius 3 is 2.23 bits per heavy atom. The van der Waals surface area contributed by atoms with Crippen LogP contribution in [0.1, 0.15) is 48.2 Å². The summed E-state index contributed by atoms with van der Waals surface area (Å²) in [4.78, 5) is 27.4. The average molecular weight is 407 g/mol. The molecule has 1 aliphatic heterocycles. The highest BCUT2D eigenvalue weighted by molar-refractivity contribution is 5.97. The Morgan fingerprint density at radius 2 is 1.63 bits per heavy atom. The van der Waals surface area contributed by atoms with Gasteiger partial charge in [-0.2, -0.15) is 5.10 Å². The lowest BCUT2D eigenvalue weighted by atomic mass is 10.0. The first kappa shape index (κ1) is 21.6. The number of aryl methyl sites for hydroxylation is 1. The number of nitrogens with zero attached hydrogens (tertiary/aromatic N) is 2. The molecule has 2 aromatic carbocycles. The monoisotopic (exact) mass is 406 g/mol. The highest BCUT2D eigenvalue weighted by atomic mass is 16.2. The second-order valence-corrected chi connectivity index (χ2v) is 8.08. The van der Waals surface area contributed by atoms with E-state index in [2.05, 4.69) is 32.9 Å². The predicted octanol–water partition coefficient (Wildman–Crippen LogP) is 3.50. The van der Waals surface area contributed by atoms with Crippen LogP contribution in [0.4, 0.5) is 5.69 Å². The number of benzene rings is 2. The average Bonchev–Trinajstić information content (AvgIpc) is 3.27. The molecular weight excluding hydrogens is 376 g/mol. The third-order valence-corrected chi connectivity index (χ3v) is 5.30. The lowest BCUT2D eigenvalue weighted by Gasteiger charge is -2.20. The van der Waals surface area contributed by atoms with E-state index in [1.54, 1.807) is 18.3 Å². The Kier molecular flexibility index (Phi) is 7.22. The molecule has 0 aliphatic carbocycles. The van der Waals surface area contributed by atoms with Gasteiger partial charge >= 0.3 is 0 Å². The molecule has 30 heavy (non-hydrogen) atoms. The SMILES string of the molecule is Cc1ccc(C(=O)NC(C(=O)N/N=C\c2ccc(N3CCCC3)cc2)C(C)C)cc1. The zero-order chi connectivity index (χ0) is 21.5. The molecule has 1 saturated heterocycles. The molecule has 6 nitrogen and oxygen atoms in total. The fourth-order valence-corrected chi connectivity index (χ4v) is 3.45. The minimum atomic E-state index is -0.673. The predicted molar refractivity (Wildman–Crippen MR) is 121 cm³/mol. The van der Waals surface area contributed by atoms with Crippen molar-refractivity contribution >= 4 is 23.7 Å². The maximum atomic E-state index is 12.6. The van der Waals surface area contributed by atoms with Crippen LogP contribution in [0, 0.1) is 12.8 Å². The Morgan fingerprint density at radius 1 is 1.00 bits per heavy atom. The summed E-state index contributed by atoms with van der Waals surface area (Å²) < 4.78 is 0. The first-order valence-electron chi connectivity index (χ1n) is 10.5. The van der Waals surface area contributed by atoms with Crippen LogP contribution >= 0.6 is 0 Å². The Labute approximate surface area is 178 Å². The van der Waals surface area contributed by atoms with Gasteiger partial charge in [0.15, 0.2) is 0 Å². The summed E-state index contributed by atoms with van der Waals surface area (Å²) in [6.07, 6.45) is 4.10. The van der Waals surface area contributed by atoms with Crippen LogP contribution in [-0.4, -0.2) is 37.2 Å². The van der Waals surface area contributed by atoms with E-state index in [0.717, 1.165) is 24.2 Å². The first-order chi connectivity index (χ1) is 14.4. The highest BCUT2D eigenvalue weighted by Crippen LogP contribution is 2.19. The van der Waals surface area contributed by atoms with E-state index >= 15 is 0 Å². The molecule has 0 saturated carbocycles. The van der Waals surface area contributed by atoms with Crippen LogP contribution in [0.2, 0.25) is 0 Å². The van der Waals surface area contributed by atoms with E-state index in [1.807, 2.05) is 45.0 Å². The lowest BCUT2D eigenvalue weighted by Crippen LogP contribution is -2.48. The number of amides is 2. The zero-order valence-electron chi connectivity index (χ0n) is 17.9. The molecular formula is C24H30N4O2. The molecule has 1 unspecified atom stereocenters. The molecule has 0 aromatic heterocycles. The quantitative estimate of drug-likeness (QED) is 0.546. The third kappa shape index (κ3) is 5.69. The lowest BCUT2D eigenvalue weighted by molar-refractivity contribution is -0.123. The molecule has 1 aliphatic rings. The second kappa shape index (κ2) is 10.1. The number of carbonyl (C=O) groups excluding carboxylic acids is 2. The van der Waals surface area contributed by atoms with Gasteiger partial charge in [-0.3, -0.25) is 9.59 Å². The van der Waals surface area contributed by atoms with E-state index in [1.165, 1.54) is 18.5 Å². The Bertz CT molecular complexity index is 882. The van der Waals surface area contributed by atoms with E-state index in [-0.39, 0.29) is 17.7 Å². The molecule has 2 aromatic rings. The number of hydrazone groups is 1. The number of nitrogens with one attached hydrogen (secondary N) is 2. The van der Waals surface area contributed by atoms with Gasteiger partial charge in [0.2, 0.25) is 0 Å². The van der Waals surface area contributed by atoms with E-state index in [4.69, 9.17) is 0 Å². The molecule has 2 N–H and O–H groups in total. The van der Waals surface area contributed by atoms with Crippen LogP contribution in [0.3, 0.4) is 0 Å². The van der Waals surface area contributed by atoms with Crippen LogP contribution in [-0.2, 0) is 4.79 Å². The molecule has 1 atom stereocenters.